The minimum atomic E-state index is 0.577. The number of fused-ring (bicyclic) bond motifs is 5. The van der Waals surface area contributed by atoms with Crippen LogP contribution in [0.4, 0.5) is 0 Å². The van der Waals surface area contributed by atoms with Crippen molar-refractivity contribution in [1.29, 1.82) is 0 Å². The highest BCUT2D eigenvalue weighted by molar-refractivity contribution is 7.33. The van der Waals surface area contributed by atoms with E-state index in [0.29, 0.717) is 28.2 Å². The van der Waals surface area contributed by atoms with Gasteiger partial charge in [0.2, 0.25) is 0 Å². The fraction of sp³-hybridized carbons (Fsp3) is 0.333. The van der Waals surface area contributed by atoms with E-state index in [9.17, 15) is 0 Å². The second-order valence-corrected chi connectivity index (χ2v) is 18.3. The maximum Gasteiger partial charge on any atom is 0.142 e. The van der Waals surface area contributed by atoms with Gasteiger partial charge in [-0.3, -0.25) is 0 Å². The van der Waals surface area contributed by atoms with Crippen molar-refractivity contribution in [2.45, 2.75) is 53.4 Å². The molecule has 52 heavy (non-hydrogen) atoms. The van der Waals surface area contributed by atoms with Gasteiger partial charge in [-0.25, -0.2) is 0 Å². The predicted octanol–water partition coefficient (Wildman–Crippen LogP) is 13.4. The van der Waals surface area contributed by atoms with Crippen molar-refractivity contribution in [3.63, 3.8) is 0 Å². The molecule has 9 rings (SSSR count). The second-order valence-electron chi connectivity index (χ2n) is 16.2. The maximum absolute atomic E-state index is 6.92. The molecule has 3 saturated carbocycles. The quantitative estimate of drug-likeness (QED) is 0.140. The highest BCUT2D eigenvalue weighted by Gasteiger charge is 2.56. The number of ether oxygens (including phenoxy) is 2. The Kier molecular flexibility index (Phi) is 9.19. The van der Waals surface area contributed by atoms with Crippen LogP contribution < -0.4 is 9.47 Å². The summed E-state index contributed by atoms with van der Waals surface area (Å²) in [5, 5.41) is 0. The molecular weight excluding hydrogens is 670 g/mol. The number of rotatable bonds is 10. The van der Waals surface area contributed by atoms with Crippen LogP contribution in [0.1, 0.15) is 47.9 Å². The van der Waals surface area contributed by atoms with Gasteiger partial charge in [-0.05, 0) is 134 Å². The van der Waals surface area contributed by atoms with E-state index in [1.807, 2.05) is 0 Å². The van der Waals surface area contributed by atoms with Crippen molar-refractivity contribution < 1.29 is 9.47 Å². The SMILES string of the molecule is Cc1ccc(-c2c[pH]c(OCC3CC4C5CC(COc6[pH]cc(-c7ccc(C)cc7)c6-c6ccc(C)cc6)C(C5)C4C3)c2-c2ccc(C)cc2)cc1. The molecule has 3 aliphatic carbocycles. The Hall–Kier alpha value is -3.96. The molecule has 2 aromatic heterocycles. The molecule has 2 bridgehead atoms. The molecular formula is C48H50O2P2. The molecule has 3 fully saturated rings. The molecule has 0 aliphatic heterocycles. The summed E-state index contributed by atoms with van der Waals surface area (Å²) >= 11 is 0. The highest BCUT2D eigenvalue weighted by atomic mass is 31.0. The van der Waals surface area contributed by atoms with Crippen LogP contribution in [-0.2, 0) is 0 Å². The van der Waals surface area contributed by atoms with Gasteiger partial charge in [-0.1, -0.05) is 136 Å². The highest BCUT2D eigenvalue weighted by Crippen LogP contribution is 2.62. The summed E-state index contributed by atoms with van der Waals surface area (Å²) in [5.41, 5.74) is 17.9. The van der Waals surface area contributed by atoms with E-state index in [1.54, 1.807) is 0 Å². The van der Waals surface area contributed by atoms with E-state index in [-0.39, 0.29) is 0 Å². The Morgan fingerprint density at radius 2 is 0.885 bits per heavy atom. The standard InChI is InChI=1S/C48H50O2P2/c1-29-5-13-34(14-6-29)43-27-51-47(45(43)36-17-9-31(3)10-18-36)49-25-33-21-40-38-23-39(41(24-38)42(40)22-33)26-50-48-46(37-19-11-32(4)12-20-37)44(28-52-48)35-15-7-30(2)8-16-35/h5-20,27-28,33,38-42,51-52H,21-26H2,1-4H3. The molecule has 0 radical (unpaired) electrons. The fourth-order valence-corrected chi connectivity index (χ4v) is 12.4. The van der Waals surface area contributed by atoms with Crippen LogP contribution in [0.3, 0.4) is 0 Å². The summed E-state index contributed by atoms with van der Waals surface area (Å²) < 4.78 is 13.8. The number of benzene rings is 4. The Labute approximate surface area is 313 Å². The first-order chi connectivity index (χ1) is 25.4. The second kappa shape index (κ2) is 14.1. The lowest BCUT2D eigenvalue weighted by molar-refractivity contribution is 0.134. The molecule has 0 spiro atoms. The van der Waals surface area contributed by atoms with Crippen LogP contribution in [-0.4, -0.2) is 13.2 Å². The van der Waals surface area contributed by atoms with Crippen LogP contribution in [0.2, 0.25) is 0 Å². The summed E-state index contributed by atoms with van der Waals surface area (Å²) in [4.78, 5) is 0. The van der Waals surface area contributed by atoms with Crippen molar-refractivity contribution in [2.75, 3.05) is 13.2 Å². The zero-order chi connectivity index (χ0) is 35.3. The topological polar surface area (TPSA) is 18.5 Å². The first-order valence-electron chi connectivity index (χ1n) is 19.3. The van der Waals surface area contributed by atoms with Crippen molar-refractivity contribution in [2.24, 2.45) is 35.5 Å². The van der Waals surface area contributed by atoms with Gasteiger partial charge in [0, 0.05) is 11.1 Å². The van der Waals surface area contributed by atoms with Crippen molar-refractivity contribution in [3.05, 3.63) is 131 Å². The Morgan fingerprint density at radius 1 is 0.462 bits per heavy atom. The number of hydrogen-bond donors (Lipinski definition) is 0. The molecule has 2 heterocycles. The molecule has 8 atom stereocenters. The number of aryl methyl sites for hydroxylation is 4. The molecule has 0 saturated heterocycles. The molecule has 4 aromatic carbocycles. The third-order valence-electron chi connectivity index (χ3n) is 12.7. The minimum absolute atomic E-state index is 0.577. The molecule has 4 heteroatoms. The lowest BCUT2D eigenvalue weighted by Crippen LogP contribution is -2.28. The number of hydrogen-bond acceptors (Lipinski definition) is 2. The van der Waals surface area contributed by atoms with Gasteiger partial charge in [-0.2, -0.15) is 0 Å². The molecule has 2 nitrogen and oxygen atoms in total. The van der Waals surface area contributed by atoms with Crippen molar-refractivity contribution >= 4 is 16.4 Å². The van der Waals surface area contributed by atoms with Crippen LogP contribution in [0.25, 0.3) is 44.5 Å². The van der Waals surface area contributed by atoms with E-state index in [0.717, 1.165) is 36.9 Å². The van der Waals surface area contributed by atoms with Gasteiger partial charge in [0.1, 0.15) is 11.0 Å². The first kappa shape index (κ1) is 33.8. The average molecular weight is 721 g/mol. The summed E-state index contributed by atoms with van der Waals surface area (Å²) in [5.74, 6) is 9.49. The summed E-state index contributed by atoms with van der Waals surface area (Å²) in [6.45, 7) is 10.4. The molecule has 264 valence electrons. The van der Waals surface area contributed by atoms with Gasteiger partial charge in [0.25, 0.3) is 0 Å². The van der Waals surface area contributed by atoms with E-state index in [2.05, 4.69) is 136 Å². The smallest absolute Gasteiger partial charge is 0.142 e. The summed E-state index contributed by atoms with van der Waals surface area (Å²) in [6, 6.07) is 36.0. The van der Waals surface area contributed by atoms with Gasteiger partial charge in [-0.15, -0.1) is 0 Å². The van der Waals surface area contributed by atoms with Gasteiger partial charge in [0.15, 0.2) is 0 Å². The Bertz CT molecular complexity index is 2150. The van der Waals surface area contributed by atoms with E-state index >= 15 is 0 Å². The molecule has 8 unspecified atom stereocenters. The van der Waals surface area contributed by atoms with E-state index in [1.165, 1.54) is 103 Å². The Morgan fingerprint density at radius 3 is 1.37 bits per heavy atom. The third-order valence-corrected chi connectivity index (χ3v) is 14.9. The normalized spacial score (nSPS) is 23.5. The predicted molar refractivity (Wildman–Crippen MR) is 223 cm³/mol. The Balaban J connectivity index is 0.888. The van der Waals surface area contributed by atoms with Crippen LogP contribution >= 0.6 is 16.4 Å². The first-order valence-corrected chi connectivity index (χ1v) is 21.5. The van der Waals surface area contributed by atoms with Gasteiger partial charge in [0.05, 0.1) is 13.2 Å². The maximum atomic E-state index is 6.92. The summed E-state index contributed by atoms with van der Waals surface area (Å²) in [7, 11) is 1.15. The zero-order valence-electron chi connectivity index (χ0n) is 30.9. The van der Waals surface area contributed by atoms with Crippen LogP contribution in [0, 0.1) is 63.2 Å². The third kappa shape index (κ3) is 6.48. The van der Waals surface area contributed by atoms with Crippen molar-refractivity contribution in [1.82, 2.24) is 0 Å². The van der Waals surface area contributed by atoms with Crippen LogP contribution in [0.15, 0.2) is 109 Å². The van der Waals surface area contributed by atoms with E-state index in [4.69, 9.17) is 9.47 Å². The van der Waals surface area contributed by atoms with E-state index < -0.39 is 0 Å². The largest absolute Gasteiger partial charge is 0.489 e. The zero-order valence-corrected chi connectivity index (χ0v) is 32.9. The lowest BCUT2D eigenvalue weighted by atomic mass is 9.76. The monoisotopic (exact) mass is 720 g/mol. The van der Waals surface area contributed by atoms with Crippen molar-refractivity contribution in [3.8, 4) is 55.5 Å². The average Bonchev–Trinajstić information content (AvgIpc) is 3.99. The lowest BCUT2D eigenvalue weighted by Gasteiger charge is -2.31. The van der Waals surface area contributed by atoms with Gasteiger partial charge < -0.3 is 9.47 Å². The van der Waals surface area contributed by atoms with Crippen LogP contribution in [0.5, 0.6) is 11.0 Å². The minimum Gasteiger partial charge on any atom is -0.489 e. The fourth-order valence-electron chi connectivity index (χ4n) is 10.0. The molecule has 6 aromatic rings. The summed E-state index contributed by atoms with van der Waals surface area (Å²) in [6.07, 6.45) is 5.39. The molecule has 3 aliphatic rings. The van der Waals surface area contributed by atoms with Gasteiger partial charge >= 0.3 is 0 Å². The molecule has 0 amide bonds. The molecule has 0 N–H and O–H groups in total.